The molecule has 1 aliphatic rings. The van der Waals surface area contributed by atoms with Crippen molar-refractivity contribution in [3.8, 4) is 0 Å². The van der Waals surface area contributed by atoms with Gasteiger partial charge in [0.1, 0.15) is 11.6 Å². The number of aromatic amines is 1. The third kappa shape index (κ3) is 3.70. The second-order valence-electron chi connectivity index (χ2n) is 6.15. The van der Waals surface area contributed by atoms with Gasteiger partial charge in [0.25, 0.3) is 0 Å². The van der Waals surface area contributed by atoms with Crippen LogP contribution in [-0.4, -0.2) is 26.1 Å². The molecule has 3 heterocycles. The molecular weight excluding hydrogens is 360 g/mol. The zero-order chi connectivity index (χ0) is 18.8. The van der Waals surface area contributed by atoms with Gasteiger partial charge in [0.05, 0.1) is 11.2 Å². The minimum Gasteiger partial charge on any atom is -0.326 e. The van der Waals surface area contributed by atoms with Crippen molar-refractivity contribution >= 4 is 39.3 Å². The van der Waals surface area contributed by atoms with Crippen molar-refractivity contribution in [2.45, 2.75) is 25.4 Å². The van der Waals surface area contributed by atoms with Gasteiger partial charge in [0.15, 0.2) is 5.16 Å². The molecule has 0 bridgehead atoms. The number of fused-ring (bicyclic) bond motifs is 1. The van der Waals surface area contributed by atoms with Crippen LogP contribution < -0.4 is 10.6 Å². The van der Waals surface area contributed by atoms with Gasteiger partial charge in [0, 0.05) is 23.6 Å². The maximum absolute atomic E-state index is 11.6. The number of anilines is 2. The van der Waals surface area contributed by atoms with E-state index in [0.717, 1.165) is 39.1 Å². The summed E-state index contributed by atoms with van der Waals surface area (Å²) in [6.45, 7) is 3.76. The molecule has 0 saturated heterocycles. The fraction of sp³-hybridized carbons (Fsp3) is 0.158. The van der Waals surface area contributed by atoms with Gasteiger partial charge in [-0.05, 0) is 35.9 Å². The Balaban J connectivity index is 1.70. The first-order chi connectivity index (χ1) is 13.1. The summed E-state index contributed by atoms with van der Waals surface area (Å²) in [5.41, 5.74) is 2.58. The summed E-state index contributed by atoms with van der Waals surface area (Å²) in [6.07, 6.45) is 2.37. The van der Waals surface area contributed by atoms with E-state index in [4.69, 9.17) is 9.97 Å². The van der Waals surface area contributed by atoms with Crippen LogP contribution in [0.3, 0.4) is 0 Å². The van der Waals surface area contributed by atoms with Crippen LogP contribution in [0.4, 0.5) is 11.6 Å². The Morgan fingerprint density at radius 1 is 1.26 bits per heavy atom. The van der Waals surface area contributed by atoms with E-state index < -0.39 is 10.9 Å². The number of nitrogens with zero attached hydrogens (tertiary/aromatic N) is 3. The number of carbonyl (C=O) groups is 1. The Morgan fingerprint density at radius 3 is 2.89 bits per heavy atom. The molecule has 0 spiro atoms. The van der Waals surface area contributed by atoms with Gasteiger partial charge in [-0.2, -0.15) is 5.10 Å². The minimum absolute atomic E-state index is 0.000787. The topological polar surface area (TPSA) is 95.6 Å². The number of benzene rings is 1. The van der Waals surface area contributed by atoms with Gasteiger partial charge in [-0.15, -0.1) is 10.9 Å². The molecule has 138 valence electrons. The molecule has 1 aromatic carbocycles. The molecule has 1 atom stereocenters. The molecule has 1 unspecified atom stereocenters. The highest BCUT2D eigenvalue weighted by atomic mass is 32.2. The van der Waals surface area contributed by atoms with Crippen molar-refractivity contribution in [3.05, 3.63) is 58.6 Å². The van der Waals surface area contributed by atoms with E-state index in [0.29, 0.717) is 6.42 Å². The van der Waals surface area contributed by atoms with Crippen LogP contribution in [0.5, 0.6) is 0 Å². The first-order valence-corrected chi connectivity index (χ1v) is 10.1. The van der Waals surface area contributed by atoms with Crippen LogP contribution in [-0.2, 0) is 4.79 Å². The Hall–Kier alpha value is -3.13. The van der Waals surface area contributed by atoms with E-state index >= 15 is 0 Å². The third-order valence-electron chi connectivity index (χ3n) is 4.08. The maximum Gasteiger partial charge on any atom is 0.224 e. The molecule has 1 amide bonds. The summed E-state index contributed by atoms with van der Waals surface area (Å²) >= 11 is 0. The first kappa shape index (κ1) is 17.3. The van der Waals surface area contributed by atoms with Crippen LogP contribution >= 0.6 is 10.9 Å². The maximum atomic E-state index is 11.6. The highest BCUT2D eigenvalue weighted by Gasteiger charge is 2.16. The van der Waals surface area contributed by atoms with E-state index in [9.17, 15) is 4.79 Å². The number of rotatable bonds is 5. The molecule has 2 aromatic heterocycles. The fourth-order valence-corrected chi connectivity index (χ4v) is 4.28. The monoisotopic (exact) mass is 380 g/mol. The SMILES string of the molecule is CCC(=O)NC1=C[SH](c2nc(Nc3cc(C)n[nH]3)c3ccccc3n2)C=C1. The number of carbonyl (C=O) groups excluding carboxylic acids is 1. The van der Waals surface area contributed by atoms with Gasteiger partial charge in [-0.1, -0.05) is 19.1 Å². The van der Waals surface area contributed by atoms with Gasteiger partial charge < -0.3 is 10.6 Å². The minimum atomic E-state index is -0.819. The quantitative estimate of drug-likeness (QED) is 0.400. The summed E-state index contributed by atoms with van der Waals surface area (Å²) in [5, 5.41) is 19.1. The third-order valence-corrected chi connectivity index (χ3v) is 5.77. The standard InChI is InChI=1S/C19H20N6OS/c1-3-17(26)20-13-8-9-27(11-13)19-21-15-7-5-4-6-14(15)18(23-19)22-16-10-12(2)24-25-16/h4-11,27H,3H2,1-2H3,(H,20,26)(H2,21,22,23,24,25). The Kier molecular flexibility index (Phi) is 4.64. The van der Waals surface area contributed by atoms with E-state index in [1.807, 2.05) is 55.7 Å². The number of nitrogens with one attached hydrogen (secondary N) is 3. The zero-order valence-corrected chi connectivity index (χ0v) is 15.9. The molecule has 0 fully saturated rings. The highest BCUT2D eigenvalue weighted by Crippen LogP contribution is 2.43. The molecule has 8 heteroatoms. The lowest BCUT2D eigenvalue weighted by molar-refractivity contribution is -0.119. The van der Waals surface area contributed by atoms with Crippen LogP contribution in [0, 0.1) is 6.92 Å². The predicted molar refractivity (Wildman–Crippen MR) is 109 cm³/mol. The summed E-state index contributed by atoms with van der Waals surface area (Å²) < 4.78 is 0. The zero-order valence-electron chi connectivity index (χ0n) is 15.0. The van der Waals surface area contributed by atoms with Crippen molar-refractivity contribution in [2.75, 3.05) is 5.32 Å². The molecule has 0 radical (unpaired) electrons. The second-order valence-corrected chi connectivity index (χ2v) is 7.92. The van der Waals surface area contributed by atoms with E-state index in [1.165, 1.54) is 0 Å². The summed E-state index contributed by atoms with van der Waals surface area (Å²) in [4.78, 5) is 21.1. The summed E-state index contributed by atoms with van der Waals surface area (Å²) in [5.74, 6) is 1.51. The van der Waals surface area contributed by atoms with Gasteiger partial charge in [0.2, 0.25) is 5.91 Å². The largest absolute Gasteiger partial charge is 0.326 e. The number of thiol groups is 1. The lowest BCUT2D eigenvalue weighted by Gasteiger charge is -2.13. The molecule has 7 nitrogen and oxygen atoms in total. The number of H-pyrrole nitrogens is 1. The van der Waals surface area contributed by atoms with Crippen molar-refractivity contribution in [1.82, 2.24) is 25.5 Å². The molecule has 3 N–H and O–H groups in total. The molecular formula is C19H20N6OS. The number of allylic oxidation sites excluding steroid dienone is 1. The summed E-state index contributed by atoms with van der Waals surface area (Å²) in [7, 11) is -0.819. The normalized spacial score (nSPS) is 17.1. The molecule has 0 saturated carbocycles. The molecule has 0 aliphatic carbocycles. The summed E-state index contributed by atoms with van der Waals surface area (Å²) in [6, 6.07) is 9.82. The van der Waals surface area contributed by atoms with Crippen LogP contribution in [0.25, 0.3) is 10.9 Å². The van der Waals surface area contributed by atoms with Crippen LogP contribution in [0.15, 0.2) is 58.1 Å². The average Bonchev–Trinajstić information content (AvgIpc) is 3.30. The Bertz CT molecular complexity index is 1070. The van der Waals surface area contributed by atoms with E-state index in [-0.39, 0.29) is 5.91 Å². The number of amides is 1. The van der Waals surface area contributed by atoms with Crippen molar-refractivity contribution in [1.29, 1.82) is 0 Å². The fourth-order valence-electron chi connectivity index (χ4n) is 2.73. The molecule has 27 heavy (non-hydrogen) atoms. The molecule has 4 rings (SSSR count). The number of aryl methyl sites for hydroxylation is 1. The van der Waals surface area contributed by atoms with Crippen LogP contribution in [0.1, 0.15) is 19.0 Å². The highest BCUT2D eigenvalue weighted by molar-refractivity contribution is 8.22. The number of hydrogen-bond acceptors (Lipinski definition) is 5. The lowest BCUT2D eigenvalue weighted by Crippen LogP contribution is -2.19. The van der Waals surface area contributed by atoms with E-state index in [1.54, 1.807) is 0 Å². The first-order valence-electron chi connectivity index (χ1n) is 8.66. The predicted octanol–water partition coefficient (Wildman–Crippen LogP) is 3.66. The number of aromatic nitrogens is 4. The van der Waals surface area contributed by atoms with Crippen molar-refractivity contribution in [2.24, 2.45) is 0 Å². The Labute approximate surface area is 159 Å². The lowest BCUT2D eigenvalue weighted by atomic mass is 10.2. The van der Waals surface area contributed by atoms with Gasteiger partial charge in [-0.3, -0.25) is 9.89 Å². The number of para-hydroxylation sites is 1. The van der Waals surface area contributed by atoms with Crippen molar-refractivity contribution in [3.63, 3.8) is 0 Å². The van der Waals surface area contributed by atoms with Gasteiger partial charge in [-0.25, -0.2) is 9.97 Å². The van der Waals surface area contributed by atoms with Crippen LogP contribution in [0.2, 0.25) is 0 Å². The van der Waals surface area contributed by atoms with E-state index in [2.05, 4.69) is 26.2 Å². The van der Waals surface area contributed by atoms with Crippen molar-refractivity contribution < 1.29 is 4.79 Å². The number of hydrogen-bond donors (Lipinski definition) is 4. The van der Waals surface area contributed by atoms with Gasteiger partial charge >= 0.3 is 0 Å². The molecule has 1 aliphatic heterocycles. The molecule has 3 aromatic rings. The second kappa shape index (κ2) is 7.24. The Morgan fingerprint density at radius 2 is 2.11 bits per heavy atom. The smallest absolute Gasteiger partial charge is 0.224 e. The average molecular weight is 380 g/mol.